The van der Waals surface area contributed by atoms with Gasteiger partial charge in [0, 0.05) is 26.1 Å². The minimum atomic E-state index is 0. The van der Waals surface area contributed by atoms with E-state index in [4.69, 9.17) is 9.47 Å². The van der Waals surface area contributed by atoms with Crippen LogP contribution in [-0.2, 0) is 9.47 Å². The zero-order valence-corrected chi connectivity index (χ0v) is 9.73. The topological polar surface area (TPSA) is 30.5 Å². The van der Waals surface area contributed by atoms with Crippen molar-refractivity contribution in [3.8, 4) is 0 Å². The van der Waals surface area contributed by atoms with Crippen molar-refractivity contribution in [3.05, 3.63) is 0 Å². The molecule has 1 aliphatic heterocycles. The van der Waals surface area contributed by atoms with Gasteiger partial charge in [-0.25, -0.2) is 0 Å². The van der Waals surface area contributed by atoms with Crippen LogP contribution in [-0.4, -0.2) is 39.5 Å². The molecule has 2 unspecified atom stereocenters. The van der Waals surface area contributed by atoms with Crippen molar-refractivity contribution in [3.63, 3.8) is 0 Å². The quantitative estimate of drug-likeness (QED) is 0.761. The van der Waals surface area contributed by atoms with E-state index >= 15 is 0 Å². The molecular formula is C10H20ClNO2. The summed E-state index contributed by atoms with van der Waals surface area (Å²) in [4.78, 5) is 0. The summed E-state index contributed by atoms with van der Waals surface area (Å²) in [6.07, 6.45) is 4.33. The highest BCUT2D eigenvalue weighted by Gasteiger charge is 2.55. The van der Waals surface area contributed by atoms with E-state index in [9.17, 15) is 0 Å². The van der Waals surface area contributed by atoms with Crippen molar-refractivity contribution in [1.82, 2.24) is 5.32 Å². The fourth-order valence-corrected chi connectivity index (χ4v) is 2.91. The van der Waals surface area contributed by atoms with Gasteiger partial charge >= 0.3 is 0 Å². The molecule has 2 atom stereocenters. The summed E-state index contributed by atoms with van der Waals surface area (Å²) in [5.74, 6) is 0. The summed E-state index contributed by atoms with van der Waals surface area (Å²) in [5, 5.41) is 3.39. The lowest BCUT2D eigenvalue weighted by Gasteiger charge is -2.56. The Morgan fingerprint density at radius 3 is 2.00 bits per heavy atom. The van der Waals surface area contributed by atoms with Crippen LogP contribution in [0.5, 0.6) is 0 Å². The standard InChI is InChI=1S/C10H19NO2.ClH/c1-12-8-7-9(13-2)10(8)3-5-11-6-4-10;/h8-9,11H,3-7H2,1-2H3;1H. The van der Waals surface area contributed by atoms with Crippen molar-refractivity contribution < 1.29 is 9.47 Å². The Morgan fingerprint density at radius 2 is 1.57 bits per heavy atom. The molecule has 0 aromatic carbocycles. The number of nitrogens with one attached hydrogen (secondary N) is 1. The molecule has 2 aliphatic rings. The maximum atomic E-state index is 5.50. The van der Waals surface area contributed by atoms with Crippen LogP contribution in [0.2, 0.25) is 0 Å². The van der Waals surface area contributed by atoms with Gasteiger partial charge in [0.1, 0.15) is 0 Å². The molecule has 2 rings (SSSR count). The van der Waals surface area contributed by atoms with E-state index in [2.05, 4.69) is 5.32 Å². The van der Waals surface area contributed by atoms with Gasteiger partial charge in [-0.2, -0.15) is 0 Å². The van der Waals surface area contributed by atoms with Crippen molar-refractivity contribution >= 4 is 12.4 Å². The molecule has 1 heterocycles. The van der Waals surface area contributed by atoms with E-state index in [0.29, 0.717) is 17.6 Å². The average Bonchev–Trinajstić information content (AvgIpc) is 2.19. The molecule has 2 fully saturated rings. The van der Waals surface area contributed by atoms with Gasteiger partial charge in [-0.15, -0.1) is 12.4 Å². The van der Waals surface area contributed by atoms with Crippen LogP contribution in [0.25, 0.3) is 0 Å². The minimum absolute atomic E-state index is 0. The fraction of sp³-hybridized carbons (Fsp3) is 1.00. The number of hydrogen-bond acceptors (Lipinski definition) is 3. The first kappa shape index (κ1) is 12.2. The van der Waals surface area contributed by atoms with E-state index in [-0.39, 0.29) is 12.4 Å². The molecule has 3 nitrogen and oxygen atoms in total. The van der Waals surface area contributed by atoms with Gasteiger partial charge < -0.3 is 14.8 Å². The van der Waals surface area contributed by atoms with Gasteiger partial charge in [0.05, 0.1) is 12.2 Å². The summed E-state index contributed by atoms with van der Waals surface area (Å²) < 4.78 is 11.0. The smallest absolute Gasteiger partial charge is 0.0678 e. The van der Waals surface area contributed by atoms with Gasteiger partial charge in [-0.1, -0.05) is 0 Å². The van der Waals surface area contributed by atoms with Gasteiger partial charge in [-0.3, -0.25) is 0 Å². The van der Waals surface area contributed by atoms with E-state index in [1.54, 1.807) is 0 Å². The monoisotopic (exact) mass is 221 g/mol. The van der Waals surface area contributed by atoms with E-state index in [0.717, 1.165) is 19.5 Å². The van der Waals surface area contributed by atoms with Crippen molar-refractivity contribution in [2.75, 3.05) is 27.3 Å². The van der Waals surface area contributed by atoms with Crippen LogP contribution < -0.4 is 5.32 Å². The largest absolute Gasteiger partial charge is 0.381 e. The summed E-state index contributed by atoms with van der Waals surface area (Å²) in [6.45, 7) is 2.22. The summed E-state index contributed by atoms with van der Waals surface area (Å²) in [6, 6.07) is 0. The molecule has 0 aromatic heterocycles. The Bertz CT molecular complexity index is 171. The minimum Gasteiger partial charge on any atom is -0.381 e. The van der Waals surface area contributed by atoms with Crippen molar-refractivity contribution in [2.45, 2.75) is 31.5 Å². The predicted octanol–water partition coefficient (Wildman–Crippen LogP) is 1.21. The molecule has 84 valence electrons. The third-order valence-corrected chi connectivity index (χ3v) is 3.81. The van der Waals surface area contributed by atoms with Crippen LogP contribution in [0.4, 0.5) is 0 Å². The van der Waals surface area contributed by atoms with Gasteiger partial charge in [-0.05, 0) is 25.9 Å². The number of hydrogen-bond donors (Lipinski definition) is 1. The molecule has 1 saturated carbocycles. The number of methoxy groups -OCH3 is 2. The van der Waals surface area contributed by atoms with Gasteiger partial charge in [0.25, 0.3) is 0 Å². The van der Waals surface area contributed by atoms with E-state index in [1.807, 2.05) is 14.2 Å². The molecule has 1 saturated heterocycles. The lowest BCUT2D eigenvalue weighted by Crippen LogP contribution is -2.62. The number of piperidine rings is 1. The normalized spacial score (nSPS) is 34.7. The van der Waals surface area contributed by atoms with Crippen molar-refractivity contribution in [2.24, 2.45) is 5.41 Å². The summed E-state index contributed by atoms with van der Waals surface area (Å²) in [7, 11) is 3.64. The zero-order valence-electron chi connectivity index (χ0n) is 8.91. The SMILES string of the molecule is COC1CC(OC)C12CCNCC2.Cl. The third-order valence-electron chi connectivity index (χ3n) is 3.81. The lowest BCUT2D eigenvalue weighted by molar-refractivity contribution is -0.204. The second-order valence-electron chi connectivity index (χ2n) is 4.17. The zero-order chi connectivity index (χ0) is 9.31. The molecule has 0 bridgehead atoms. The van der Waals surface area contributed by atoms with Gasteiger partial charge in [0.15, 0.2) is 0 Å². The highest BCUT2D eigenvalue weighted by molar-refractivity contribution is 5.85. The number of halogens is 1. The molecule has 1 N–H and O–H groups in total. The maximum Gasteiger partial charge on any atom is 0.0678 e. The Kier molecular flexibility index (Phi) is 4.19. The van der Waals surface area contributed by atoms with Crippen molar-refractivity contribution in [1.29, 1.82) is 0 Å². The van der Waals surface area contributed by atoms with Crippen LogP contribution in [0, 0.1) is 5.41 Å². The van der Waals surface area contributed by atoms with Crippen LogP contribution >= 0.6 is 12.4 Å². The Balaban J connectivity index is 0.000000980. The Hall–Kier alpha value is 0.170. The fourth-order valence-electron chi connectivity index (χ4n) is 2.91. The number of rotatable bonds is 2. The summed E-state index contributed by atoms with van der Waals surface area (Å²) >= 11 is 0. The first-order valence-corrected chi connectivity index (χ1v) is 5.10. The van der Waals surface area contributed by atoms with Crippen LogP contribution in [0.3, 0.4) is 0 Å². The maximum absolute atomic E-state index is 5.50. The summed E-state index contributed by atoms with van der Waals surface area (Å²) in [5.41, 5.74) is 0.328. The Morgan fingerprint density at radius 1 is 1.07 bits per heavy atom. The van der Waals surface area contributed by atoms with E-state index < -0.39 is 0 Å². The molecule has 14 heavy (non-hydrogen) atoms. The third kappa shape index (κ3) is 1.67. The molecule has 0 radical (unpaired) electrons. The molecule has 0 amide bonds. The van der Waals surface area contributed by atoms with E-state index in [1.165, 1.54) is 12.8 Å². The molecule has 1 aliphatic carbocycles. The molecule has 0 aromatic rings. The first-order valence-electron chi connectivity index (χ1n) is 5.10. The second kappa shape index (κ2) is 4.79. The highest BCUT2D eigenvalue weighted by atomic mass is 35.5. The van der Waals surface area contributed by atoms with Gasteiger partial charge in [0.2, 0.25) is 0 Å². The predicted molar refractivity (Wildman–Crippen MR) is 58.0 cm³/mol. The lowest BCUT2D eigenvalue weighted by atomic mass is 9.58. The second-order valence-corrected chi connectivity index (χ2v) is 4.17. The average molecular weight is 222 g/mol. The number of ether oxygens (including phenoxy) is 2. The Labute approximate surface area is 91.9 Å². The highest BCUT2D eigenvalue weighted by Crippen LogP contribution is 2.50. The molecular weight excluding hydrogens is 202 g/mol. The molecule has 4 heteroatoms. The van der Waals surface area contributed by atoms with Crippen LogP contribution in [0.1, 0.15) is 19.3 Å². The first-order chi connectivity index (χ1) is 6.33. The molecule has 1 spiro atoms. The van der Waals surface area contributed by atoms with Crippen LogP contribution in [0.15, 0.2) is 0 Å².